The molecule has 1 aromatic carbocycles. The molecule has 9 heteroatoms. The van der Waals surface area contributed by atoms with E-state index in [4.69, 9.17) is 16.0 Å². The molecule has 0 atom stereocenters. The molecule has 0 bridgehead atoms. The van der Waals surface area contributed by atoms with Crippen LogP contribution >= 0.6 is 22.9 Å². The van der Waals surface area contributed by atoms with Crippen molar-refractivity contribution in [2.24, 2.45) is 0 Å². The fourth-order valence-electron chi connectivity index (χ4n) is 3.09. The lowest BCUT2D eigenvalue weighted by Crippen LogP contribution is -2.32. The molecule has 0 saturated heterocycles. The van der Waals surface area contributed by atoms with Gasteiger partial charge in [-0.05, 0) is 41.8 Å². The van der Waals surface area contributed by atoms with Crippen molar-refractivity contribution >= 4 is 38.9 Å². The van der Waals surface area contributed by atoms with Crippen LogP contribution in [0.25, 0.3) is 0 Å². The van der Waals surface area contributed by atoms with Gasteiger partial charge in [0, 0.05) is 18.0 Å². The molecule has 0 aliphatic carbocycles. The highest BCUT2D eigenvalue weighted by molar-refractivity contribution is 7.89. The fraction of sp³-hybridized carbons (Fsp3) is 0.286. The lowest BCUT2D eigenvalue weighted by molar-refractivity contribution is 0.0719. The van der Waals surface area contributed by atoms with Gasteiger partial charge >= 0.3 is 0 Å². The zero-order chi connectivity index (χ0) is 21.7. The molecule has 2 aromatic heterocycles. The van der Waals surface area contributed by atoms with E-state index in [0.717, 1.165) is 4.88 Å². The summed E-state index contributed by atoms with van der Waals surface area (Å²) in [4.78, 5) is 16.0. The first-order valence-corrected chi connectivity index (χ1v) is 12.2. The molecular weight excluding hydrogens is 444 g/mol. The van der Waals surface area contributed by atoms with Gasteiger partial charge in [-0.1, -0.05) is 31.5 Å². The van der Waals surface area contributed by atoms with Crippen LogP contribution in [-0.4, -0.2) is 36.6 Å². The van der Waals surface area contributed by atoms with Crippen LogP contribution in [0.2, 0.25) is 5.02 Å². The number of furan rings is 1. The third-order valence-corrected chi connectivity index (χ3v) is 7.89. The number of nitrogens with zero attached hydrogens (tertiary/aromatic N) is 2. The van der Waals surface area contributed by atoms with Gasteiger partial charge < -0.3 is 9.32 Å². The Hall–Kier alpha value is -2.13. The minimum absolute atomic E-state index is 0.0491. The summed E-state index contributed by atoms with van der Waals surface area (Å²) < 4.78 is 32.6. The van der Waals surface area contributed by atoms with Crippen LogP contribution in [0.5, 0.6) is 0 Å². The summed E-state index contributed by atoms with van der Waals surface area (Å²) in [7, 11) is -3.71. The van der Waals surface area contributed by atoms with Crippen LogP contribution in [0, 0.1) is 0 Å². The van der Waals surface area contributed by atoms with Gasteiger partial charge in [0.05, 0.1) is 34.8 Å². The smallest absolute Gasteiger partial charge is 0.256 e. The molecular formula is C21H23ClN2O4S2. The monoisotopic (exact) mass is 466 g/mol. The lowest BCUT2D eigenvalue weighted by Gasteiger charge is -2.23. The van der Waals surface area contributed by atoms with Crippen LogP contribution in [0.3, 0.4) is 0 Å². The van der Waals surface area contributed by atoms with E-state index in [-0.39, 0.29) is 27.9 Å². The Morgan fingerprint density at radius 1 is 1.10 bits per heavy atom. The molecule has 160 valence electrons. The average molecular weight is 467 g/mol. The van der Waals surface area contributed by atoms with Crippen LogP contribution in [0.1, 0.15) is 34.8 Å². The van der Waals surface area contributed by atoms with Crippen molar-refractivity contribution in [3.05, 3.63) is 75.3 Å². The molecule has 1 amide bonds. The van der Waals surface area contributed by atoms with E-state index < -0.39 is 10.0 Å². The average Bonchev–Trinajstić information content (AvgIpc) is 3.42. The van der Waals surface area contributed by atoms with Crippen molar-refractivity contribution in [3.63, 3.8) is 0 Å². The third-order valence-electron chi connectivity index (χ3n) is 4.65. The molecule has 0 aliphatic rings. The van der Waals surface area contributed by atoms with E-state index >= 15 is 0 Å². The van der Waals surface area contributed by atoms with Gasteiger partial charge in [-0.15, -0.1) is 11.3 Å². The number of hydrogen-bond donors (Lipinski definition) is 0. The maximum Gasteiger partial charge on any atom is 0.256 e. The molecule has 0 fully saturated rings. The van der Waals surface area contributed by atoms with Crippen molar-refractivity contribution in [2.75, 3.05) is 13.1 Å². The van der Waals surface area contributed by atoms with E-state index in [1.54, 1.807) is 37.1 Å². The standard InChI is InChI=1S/C21H23ClN2O4S2/c1-3-24(4-2)30(26,27)18-9-10-20(22)19(13-18)21(25)23(14-16-7-5-11-28-16)15-17-8-6-12-29-17/h5-13H,3-4,14-15H2,1-2H3. The highest BCUT2D eigenvalue weighted by atomic mass is 35.5. The number of thiophene rings is 1. The minimum Gasteiger partial charge on any atom is -0.467 e. The molecule has 0 aliphatic heterocycles. The van der Waals surface area contributed by atoms with Crippen molar-refractivity contribution in [2.45, 2.75) is 31.8 Å². The lowest BCUT2D eigenvalue weighted by atomic mass is 10.2. The Kier molecular flexibility index (Phi) is 7.36. The normalized spacial score (nSPS) is 11.7. The summed E-state index contributed by atoms with van der Waals surface area (Å²) in [5, 5.41) is 2.14. The predicted octanol–water partition coefficient (Wildman–Crippen LogP) is 4.87. The summed E-state index contributed by atoms with van der Waals surface area (Å²) >= 11 is 7.86. The van der Waals surface area contributed by atoms with E-state index in [0.29, 0.717) is 25.4 Å². The number of hydrogen-bond acceptors (Lipinski definition) is 5. The van der Waals surface area contributed by atoms with Crippen molar-refractivity contribution < 1.29 is 17.6 Å². The molecule has 0 spiro atoms. The third kappa shape index (κ3) is 4.95. The first kappa shape index (κ1) is 22.6. The van der Waals surface area contributed by atoms with Gasteiger partial charge in [-0.3, -0.25) is 4.79 Å². The zero-order valence-electron chi connectivity index (χ0n) is 16.7. The summed E-state index contributed by atoms with van der Waals surface area (Å²) in [5.41, 5.74) is 0.146. The number of halogens is 1. The quantitative estimate of drug-likeness (QED) is 0.451. The summed E-state index contributed by atoms with van der Waals surface area (Å²) in [5.74, 6) is 0.268. The van der Waals surface area contributed by atoms with Crippen LogP contribution in [0.4, 0.5) is 0 Å². The number of carbonyl (C=O) groups is 1. The van der Waals surface area contributed by atoms with Gasteiger partial charge in [0.2, 0.25) is 10.0 Å². The Bertz CT molecular complexity index is 1040. The number of amides is 1. The molecule has 3 rings (SSSR count). The first-order chi connectivity index (χ1) is 14.4. The predicted molar refractivity (Wildman–Crippen MR) is 118 cm³/mol. The van der Waals surface area contributed by atoms with Crippen molar-refractivity contribution in [3.8, 4) is 0 Å². The Morgan fingerprint density at radius 2 is 1.87 bits per heavy atom. The molecule has 0 radical (unpaired) electrons. The van der Waals surface area contributed by atoms with Gasteiger partial charge in [0.15, 0.2) is 0 Å². The van der Waals surface area contributed by atoms with E-state index in [1.165, 1.54) is 33.8 Å². The SMILES string of the molecule is CCN(CC)S(=O)(=O)c1ccc(Cl)c(C(=O)N(Cc2ccco2)Cc2cccs2)c1. The second-order valence-corrected chi connectivity index (χ2v) is 9.93. The van der Waals surface area contributed by atoms with E-state index in [9.17, 15) is 13.2 Å². The molecule has 0 unspecified atom stereocenters. The minimum atomic E-state index is -3.71. The molecule has 0 N–H and O–H groups in total. The maximum absolute atomic E-state index is 13.4. The van der Waals surface area contributed by atoms with Crippen molar-refractivity contribution in [1.82, 2.24) is 9.21 Å². The number of benzene rings is 1. The second-order valence-electron chi connectivity index (χ2n) is 6.55. The summed E-state index contributed by atoms with van der Waals surface area (Å²) in [6.45, 7) is 4.83. The Labute approximate surface area is 185 Å². The van der Waals surface area contributed by atoms with Gasteiger partial charge in [-0.25, -0.2) is 8.42 Å². The molecule has 3 aromatic rings. The molecule has 0 saturated carbocycles. The Balaban J connectivity index is 1.97. The fourth-order valence-corrected chi connectivity index (χ4v) is 5.50. The van der Waals surface area contributed by atoms with Gasteiger partial charge in [0.1, 0.15) is 5.76 Å². The first-order valence-electron chi connectivity index (χ1n) is 9.50. The van der Waals surface area contributed by atoms with Gasteiger partial charge in [-0.2, -0.15) is 4.31 Å². The highest BCUT2D eigenvalue weighted by Gasteiger charge is 2.26. The molecule has 6 nitrogen and oxygen atoms in total. The number of sulfonamides is 1. The van der Waals surface area contributed by atoms with Crippen LogP contribution in [0.15, 0.2) is 63.4 Å². The largest absolute Gasteiger partial charge is 0.467 e. The highest BCUT2D eigenvalue weighted by Crippen LogP contribution is 2.26. The van der Waals surface area contributed by atoms with E-state index in [1.807, 2.05) is 17.5 Å². The van der Waals surface area contributed by atoms with Gasteiger partial charge in [0.25, 0.3) is 5.91 Å². The summed E-state index contributed by atoms with van der Waals surface area (Å²) in [6, 6.07) is 11.7. The second kappa shape index (κ2) is 9.78. The maximum atomic E-state index is 13.4. The van der Waals surface area contributed by atoms with E-state index in [2.05, 4.69) is 0 Å². The molecule has 30 heavy (non-hydrogen) atoms. The summed E-state index contributed by atoms with van der Waals surface area (Å²) in [6.07, 6.45) is 1.55. The van der Waals surface area contributed by atoms with Crippen molar-refractivity contribution in [1.29, 1.82) is 0 Å². The molecule has 2 heterocycles. The topological polar surface area (TPSA) is 70.8 Å². The zero-order valence-corrected chi connectivity index (χ0v) is 19.1. The van der Waals surface area contributed by atoms with Crippen LogP contribution in [-0.2, 0) is 23.1 Å². The number of rotatable bonds is 9. The van der Waals surface area contributed by atoms with Crippen LogP contribution < -0.4 is 0 Å². The number of carbonyl (C=O) groups excluding carboxylic acids is 1. The Morgan fingerprint density at radius 3 is 2.47 bits per heavy atom.